The summed E-state index contributed by atoms with van der Waals surface area (Å²) in [5, 5.41) is 11.7. The van der Waals surface area contributed by atoms with Gasteiger partial charge in [0.15, 0.2) is 5.69 Å². The van der Waals surface area contributed by atoms with Crippen LogP contribution in [-0.2, 0) is 4.79 Å². The molecule has 0 saturated carbocycles. The van der Waals surface area contributed by atoms with Crippen LogP contribution < -0.4 is 5.32 Å². The summed E-state index contributed by atoms with van der Waals surface area (Å²) in [7, 11) is 0. The number of rotatable bonds is 5. The first kappa shape index (κ1) is 15.2. The Morgan fingerprint density at radius 1 is 1.14 bits per heavy atom. The highest BCUT2D eigenvalue weighted by atomic mass is 16.4. The molecule has 1 aromatic heterocycles. The first-order chi connectivity index (χ1) is 10.2. The topological polar surface area (TPSA) is 95.4 Å². The third-order valence-corrected chi connectivity index (χ3v) is 3.47. The van der Waals surface area contributed by atoms with E-state index in [1.807, 2.05) is 4.90 Å². The molecule has 0 bridgehead atoms. The average Bonchev–Trinajstić information content (AvgIpc) is 2.77. The van der Waals surface area contributed by atoms with Crippen LogP contribution in [0.5, 0.6) is 0 Å². The number of anilines is 1. The Hall–Kier alpha value is -2.18. The number of amides is 1. The van der Waals surface area contributed by atoms with Crippen molar-refractivity contribution in [3.63, 3.8) is 0 Å². The van der Waals surface area contributed by atoms with Gasteiger partial charge in [-0.15, -0.1) is 0 Å². The van der Waals surface area contributed by atoms with Gasteiger partial charge >= 0.3 is 5.97 Å². The molecular weight excluding hydrogens is 272 g/mol. The Morgan fingerprint density at radius 2 is 1.86 bits per heavy atom. The number of carboxylic acids is 1. The second kappa shape index (κ2) is 7.56. The normalized spacial score (nSPS) is 15.3. The van der Waals surface area contributed by atoms with Gasteiger partial charge in [0.25, 0.3) is 0 Å². The smallest absolute Gasteiger partial charge is 0.356 e. The van der Waals surface area contributed by atoms with Crippen LogP contribution in [0.2, 0.25) is 0 Å². The van der Waals surface area contributed by atoms with Gasteiger partial charge in [-0.1, -0.05) is 12.8 Å². The molecule has 2 heterocycles. The Balaban J connectivity index is 1.75. The SMILES string of the molecule is O=C(O)c1cnc(NCCC(=O)N2CCCCCC2)cn1. The number of carboxylic acid groups (broad SMARTS) is 1. The van der Waals surface area contributed by atoms with Crippen molar-refractivity contribution in [3.05, 3.63) is 18.1 Å². The van der Waals surface area contributed by atoms with E-state index in [1.54, 1.807) is 0 Å². The molecule has 7 heteroatoms. The van der Waals surface area contributed by atoms with E-state index in [-0.39, 0.29) is 11.6 Å². The van der Waals surface area contributed by atoms with Crippen molar-refractivity contribution in [2.45, 2.75) is 32.1 Å². The molecule has 0 unspecified atom stereocenters. The van der Waals surface area contributed by atoms with E-state index in [2.05, 4.69) is 15.3 Å². The average molecular weight is 292 g/mol. The Kier molecular flexibility index (Phi) is 5.48. The van der Waals surface area contributed by atoms with Crippen LogP contribution in [0.4, 0.5) is 5.82 Å². The molecule has 0 radical (unpaired) electrons. The highest BCUT2D eigenvalue weighted by Crippen LogP contribution is 2.10. The molecule has 1 aliphatic rings. The maximum absolute atomic E-state index is 12.1. The monoisotopic (exact) mass is 292 g/mol. The zero-order valence-corrected chi connectivity index (χ0v) is 11.9. The van der Waals surface area contributed by atoms with Gasteiger partial charge in [-0.25, -0.2) is 14.8 Å². The van der Waals surface area contributed by atoms with Crippen molar-refractivity contribution in [1.82, 2.24) is 14.9 Å². The van der Waals surface area contributed by atoms with Gasteiger partial charge in [0, 0.05) is 26.1 Å². The summed E-state index contributed by atoms with van der Waals surface area (Å²) < 4.78 is 0. The molecule has 2 N–H and O–H groups in total. The number of carbonyl (C=O) groups excluding carboxylic acids is 1. The second-order valence-electron chi connectivity index (χ2n) is 5.06. The molecule has 114 valence electrons. The third kappa shape index (κ3) is 4.70. The van der Waals surface area contributed by atoms with Gasteiger partial charge in [0.05, 0.1) is 12.4 Å². The van der Waals surface area contributed by atoms with Crippen LogP contribution in [0.25, 0.3) is 0 Å². The van der Waals surface area contributed by atoms with Crippen molar-refractivity contribution in [1.29, 1.82) is 0 Å². The summed E-state index contributed by atoms with van der Waals surface area (Å²) in [4.78, 5) is 32.3. The number of carbonyl (C=O) groups is 2. The number of nitrogens with zero attached hydrogens (tertiary/aromatic N) is 3. The van der Waals surface area contributed by atoms with Gasteiger partial charge in [0.2, 0.25) is 5.91 Å². The molecular formula is C14H20N4O3. The molecule has 0 atom stereocenters. The van der Waals surface area contributed by atoms with E-state index in [9.17, 15) is 9.59 Å². The van der Waals surface area contributed by atoms with Crippen LogP contribution in [0, 0.1) is 0 Å². The molecule has 0 aromatic carbocycles. The molecule has 0 aliphatic carbocycles. The third-order valence-electron chi connectivity index (χ3n) is 3.47. The molecule has 21 heavy (non-hydrogen) atoms. The zero-order chi connectivity index (χ0) is 15.1. The maximum Gasteiger partial charge on any atom is 0.356 e. The highest BCUT2D eigenvalue weighted by Gasteiger charge is 2.14. The molecule has 7 nitrogen and oxygen atoms in total. The number of likely N-dealkylation sites (tertiary alicyclic amines) is 1. The lowest BCUT2D eigenvalue weighted by Gasteiger charge is -2.20. The Morgan fingerprint density at radius 3 is 2.43 bits per heavy atom. The summed E-state index contributed by atoms with van der Waals surface area (Å²) in [6, 6.07) is 0. The molecule has 1 aromatic rings. The summed E-state index contributed by atoms with van der Waals surface area (Å²) in [5.41, 5.74) is -0.0961. The van der Waals surface area contributed by atoms with E-state index in [4.69, 9.17) is 5.11 Å². The maximum atomic E-state index is 12.1. The van der Waals surface area contributed by atoms with Crippen molar-refractivity contribution in [2.75, 3.05) is 25.0 Å². The first-order valence-corrected chi connectivity index (χ1v) is 7.24. The number of hydrogen-bond acceptors (Lipinski definition) is 5. The highest BCUT2D eigenvalue weighted by molar-refractivity contribution is 5.84. The van der Waals surface area contributed by atoms with Crippen LogP contribution in [0.15, 0.2) is 12.4 Å². The minimum Gasteiger partial charge on any atom is -0.476 e. The van der Waals surface area contributed by atoms with Gasteiger partial charge in [-0.05, 0) is 12.8 Å². The van der Waals surface area contributed by atoms with Crippen LogP contribution in [0.1, 0.15) is 42.6 Å². The summed E-state index contributed by atoms with van der Waals surface area (Å²) in [6.45, 7) is 2.17. The molecule has 2 rings (SSSR count). The van der Waals surface area contributed by atoms with Crippen molar-refractivity contribution >= 4 is 17.7 Å². The van der Waals surface area contributed by atoms with Crippen molar-refractivity contribution in [2.24, 2.45) is 0 Å². The zero-order valence-electron chi connectivity index (χ0n) is 11.9. The van der Waals surface area contributed by atoms with E-state index >= 15 is 0 Å². The molecule has 1 saturated heterocycles. The summed E-state index contributed by atoms with van der Waals surface area (Å²) >= 11 is 0. The fourth-order valence-electron chi connectivity index (χ4n) is 2.31. The fraction of sp³-hybridized carbons (Fsp3) is 0.571. The van der Waals surface area contributed by atoms with E-state index in [1.165, 1.54) is 25.2 Å². The predicted octanol–water partition coefficient (Wildman–Crippen LogP) is 1.38. The van der Waals surface area contributed by atoms with E-state index in [0.717, 1.165) is 25.9 Å². The van der Waals surface area contributed by atoms with Crippen LogP contribution in [-0.4, -0.2) is 51.5 Å². The Bertz CT molecular complexity index is 481. The van der Waals surface area contributed by atoms with E-state index in [0.29, 0.717) is 18.8 Å². The molecule has 1 fully saturated rings. The number of aromatic nitrogens is 2. The van der Waals surface area contributed by atoms with Gasteiger partial charge in [-0.3, -0.25) is 4.79 Å². The predicted molar refractivity (Wildman–Crippen MR) is 77.1 cm³/mol. The minimum atomic E-state index is -1.11. The number of aromatic carboxylic acids is 1. The molecule has 1 aliphatic heterocycles. The number of nitrogens with one attached hydrogen (secondary N) is 1. The lowest BCUT2D eigenvalue weighted by atomic mass is 10.2. The van der Waals surface area contributed by atoms with Crippen molar-refractivity contribution in [3.8, 4) is 0 Å². The van der Waals surface area contributed by atoms with Crippen LogP contribution >= 0.6 is 0 Å². The minimum absolute atomic E-state index is 0.0961. The summed E-state index contributed by atoms with van der Waals surface area (Å²) in [5.74, 6) is -0.478. The van der Waals surface area contributed by atoms with E-state index < -0.39 is 5.97 Å². The second-order valence-corrected chi connectivity index (χ2v) is 5.06. The molecule has 0 spiro atoms. The van der Waals surface area contributed by atoms with Crippen LogP contribution in [0.3, 0.4) is 0 Å². The number of hydrogen-bond donors (Lipinski definition) is 2. The lowest BCUT2D eigenvalue weighted by molar-refractivity contribution is -0.130. The standard InChI is InChI=1S/C14H20N4O3/c19-13(18-7-3-1-2-4-8-18)5-6-15-12-10-16-11(9-17-12)14(20)21/h9-10H,1-8H2,(H,15,17)(H,20,21). The van der Waals surface area contributed by atoms with Crippen molar-refractivity contribution < 1.29 is 14.7 Å². The molecule has 1 amide bonds. The fourth-order valence-corrected chi connectivity index (χ4v) is 2.31. The largest absolute Gasteiger partial charge is 0.476 e. The van der Waals surface area contributed by atoms with Gasteiger partial charge < -0.3 is 15.3 Å². The Labute approximate surface area is 123 Å². The van der Waals surface area contributed by atoms with Gasteiger partial charge in [0.1, 0.15) is 5.82 Å². The lowest BCUT2D eigenvalue weighted by Crippen LogP contribution is -2.32. The van der Waals surface area contributed by atoms with Gasteiger partial charge in [-0.2, -0.15) is 0 Å². The summed E-state index contributed by atoms with van der Waals surface area (Å²) in [6.07, 6.45) is 7.53. The quantitative estimate of drug-likeness (QED) is 0.851. The first-order valence-electron chi connectivity index (χ1n) is 7.24.